The van der Waals surface area contributed by atoms with Crippen LogP contribution in [0.1, 0.15) is 16.6 Å². The van der Waals surface area contributed by atoms with Crippen molar-refractivity contribution < 1.29 is 28.2 Å². The fourth-order valence-corrected chi connectivity index (χ4v) is 4.40. The standard InChI is InChI=1S/C18H20ClN7O6S/c19-8-1-2-9(11(21)5-8)17(29)25-33(30,31)24-6-12-14(27)15(28)18(32-12)26-7-23-13-10(20)3-4-22-16(13)26/h1-5,7,12,14-15,18,24,27-28H,6,21H2,(H2,20,22)(H,25,29)/t12-,14-,15-,18-/m1/s1. The molecule has 4 atom stereocenters. The van der Waals surface area contributed by atoms with E-state index in [2.05, 4.69) is 14.7 Å². The van der Waals surface area contributed by atoms with E-state index in [1.54, 1.807) is 6.07 Å². The molecule has 1 saturated heterocycles. The number of nitrogens with two attached hydrogens (primary N) is 2. The van der Waals surface area contributed by atoms with Crippen LogP contribution in [0, 0.1) is 0 Å². The molecule has 2 aromatic heterocycles. The first-order valence-corrected chi connectivity index (χ1v) is 11.4. The Hall–Kier alpha value is -3.01. The molecule has 33 heavy (non-hydrogen) atoms. The second-order valence-electron chi connectivity index (χ2n) is 7.29. The highest BCUT2D eigenvalue weighted by Crippen LogP contribution is 2.32. The number of imidazole rings is 1. The zero-order valence-electron chi connectivity index (χ0n) is 16.8. The first-order valence-electron chi connectivity index (χ1n) is 9.53. The molecule has 4 rings (SSSR count). The minimum Gasteiger partial charge on any atom is -0.398 e. The molecule has 13 nitrogen and oxygen atoms in total. The largest absolute Gasteiger partial charge is 0.398 e. The van der Waals surface area contributed by atoms with E-state index in [-0.39, 0.29) is 16.3 Å². The van der Waals surface area contributed by atoms with Crippen molar-refractivity contribution in [3.8, 4) is 0 Å². The summed E-state index contributed by atoms with van der Waals surface area (Å²) in [7, 11) is -4.35. The highest BCUT2D eigenvalue weighted by Gasteiger charge is 2.44. The van der Waals surface area contributed by atoms with Gasteiger partial charge in [0, 0.05) is 23.5 Å². The molecule has 1 fully saturated rings. The molecule has 1 aliphatic rings. The van der Waals surface area contributed by atoms with E-state index in [0.29, 0.717) is 16.9 Å². The summed E-state index contributed by atoms with van der Waals surface area (Å²) in [6.07, 6.45) is -2.30. The lowest BCUT2D eigenvalue weighted by Crippen LogP contribution is -2.45. The zero-order chi connectivity index (χ0) is 23.9. The van der Waals surface area contributed by atoms with Gasteiger partial charge in [-0.3, -0.25) is 9.36 Å². The van der Waals surface area contributed by atoms with Crippen molar-refractivity contribution in [2.75, 3.05) is 18.0 Å². The van der Waals surface area contributed by atoms with Gasteiger partial charge < -0.3 is 26.4 Å². The molecular formula is C18H20ClN7O6S. The molecule has 3 aromatic rings. The van der Waals surface area contributed by atoms with Gasteiger partial charge in [0.05, 0.1) is 17.6 Å². The molecule has 0 unspecified atom stereocenters. The Balaban J connectivity index is 1.43. The first kappa shape index (κ1) is 23.2. The van der Waals surface area contributed by atoms with Crippen molar-refractivity contribution in [1.29, 1.82) is 0 Å². The third-order valence-electron chi connectivity index (χ3n) is 5.06. The predicted octanol–water partition coefficient (Wildman–Crippen LogP) is -0.867. The van der Waals surface area contributed by atoms with Crippen LogP contribution in [0.3, 0.4) is 0 Å². The Morgan fingerprint density at radius 1 is 1.18 bits per heavy atom. The maximum atomic E-state index is 12.3. The Bertz CT molecular complexity index is 1320. The van der Waals surface area contributed by atoms with Gasteiger partial charge in [0.1, 0.15) is 23.8 Å². The molecule has 0 aliphatic carbocycles. The van der Waals surface area contributed by atoms with Crippen LogP contribution in [0.2, 0.25) is 5.02 Å². The molecule has 15 heteroatoms. The molecule has 176 valence electrons. The maximum Gasteiger partial charge on any atom is 0.301 e. The Labute approximate surface area is 192 Å². The lowest BCUT2D eigenvalue weighted by molar-refractivity contribution is -0.0330. The number of halogens is 1. The van der Waals surface area contributed by atoms with E-state index >= 15 is 0 Å². The normalized spacial score (nSPS) is 23.1. The molecular weight excluding hydrogens is 478 g/mol. The smallest absolute Gasteiger partial charge is 0.301 e. The summed E-state index contributed by atoms with van der Waals surface area (Å²) in [5.74, 6) is -0.976. The van der Waals surface area contributed by atoms with Crippen LogP contribution in [0.15, 0.2) is 36.8 Å². The Morgan fingerprint density at radius 3 is 2.67 bits per heavy atom. The molecule has 0 spiro atoms. The summed E-state index contributed by atoms with van der Waals surface area (Å²) in [4.78, 5) is 20.6. The number of nitrogen functional groups attached to an aromatic ring is 2. The van der Waals surface area contributed by atoms with Crippen LogP contribution < -0.4 is 20.9 Å². The number of rotatable bonds is 6. The second kappa shape index (κ2) is 8.74. The predicted molar refractivity (Wildman–Crippen MR) is 118 cm³/mol. The Morgan fingerprint density at radius 2 is 1.94 bits per heavy atom. The van der Waals surface area contributed by atoms with Gasteiger partial charge in [0.15, 0.2) is 11.9 Å². The highest BCUT2D eigenvalue weighted by atomic mass is 35.5. The lowest BCUT2D eigenvalue weighted by Gasteiger charge is -2.17. The zero-order valence-corrected chi connectivity index (χ0v) is 18.4. The lowest BCUT2D eigenvalue weighted by atomic mass is 10.1. The summed E-state index contributed by atoms with van der Waals surface area (Å²) in [6.45, 7) is -0.449. The number of aliphatic hydroxyl groups excluding tert-OH is 2. The third-order valence-corrected chi connectivity index (χ3v) is 6.30. The van der Waals surface area contributed by atoms with Gasteiger partial charge in [-0.2, -0.15) is 13.1 Å². The number of nitrogens with zero attached hydrogens (tertiary/aromatic N) is 3. The van der Waals surface area contributed by atoms with Crippen LogP contribution >= 0.6 is 11.6 Å². The van der Waals surface area contributed by atoms with Crippen molar-refractivity contribution >= 4 is 50.3 Å². The third kappa shape index (κ3) is 4.57. The molecule has 0 bridgehead atoms. The number of amides is 1. The van der Waals surface area contributed by atoms with Gasteiger partial charge in [-0.25, -0.2) is 14.7 Å². The maximum absolute atomic E-state index is 12.3. The molecule has 0 saturated carbocycles. The highest BCUT2D eigenvalue weighted by molar-refractivity contribution is 7.88. The van der Waals surface area contributed by atoms with Gasteiger partial charge >= 0.3 is 10.2 Å². The van der Waals surface area contributed by atoms with E-state index in [1.165, 1.54) is 35.3 Å². The first-order chi connectivity index (χ1) is 15.6. The minimum absolute atomic E-state index is 0.00230. The number of ether oxygens (including phenoxy) is 1. The number of carbonyl (C=O) groups excluding carboxylic acids is 1. The van der Waals surface area contributed by atoms with E-state index in [4.69, 9.17) is 27.8 Å². The van der Waals surface area contributed by atoms with E-state index < -0.39 is 47.2 Å². The fraction of sp³-hybridized carbons (Fsp3) is 0.278. The second-order valence-corrected chi connectivity index (χ2v) is 9.22. The number of anilines is 2. The van der Waals surface area contributed by atoms with Crippen LogP contribution in [0.5, 0.6) is 0 Å². The summed E-state index contributed by atoms with van der Waals surface area (Å²) in [5.41, 5.74) is 12.5. The Kier molecular flexibility index (Phi) is 6.13. The molecule has 1 aliphatic heterocycles. The molecule has 1 amide bonds. The van der Waals surface area contributed by atoms with Crippen molar-refractivity contribution in [3.63, 3.8) is 0 Å². The topological polar surface area (TPSA) is 208 Å². The number of carbonyl (C=O) groups is 1. The van der Waals surface area contributed by atoms with Crippen molar-refractivity contribution in [3.05, 3.63) is 47.4 Å². The number of aromatic nitrogens is 3. The number of hydrogen-bond donors (Lipinski definition) is 6. The monoisotopic (exact) mass is 497 g/mol. The minimum atomic E-state index is -4.35. The fourth-order valence-electron chi connectivity index (χ4n) is 3.41. The van der Waals surface area contributed by atoms with E-state index in [0.717, 1.165) is 0 Å². The summed E-state index contributed by atoms with van der Waals surface area (Å²) >= 11 is 5.78. The summed E-state index contributed by atoms with van der Waals surface area (Å²) < 4.78 is 35.6. The average Bonchev–Trinajstić information content (AvgIpc) is 3.29. The van der Waals surface area contributed by atoms with Crippen molar-refractivity contribution in [2.45, 2.75) is 24.5 Å². The number of hydrogen-bond acceptors (Lipinski definition) is 10. The van der Waals surface area contributed by atoms with Gasteiger partial charge in [-0.15, -0.1) is 0 Å². The van der Waals surface area contributed by atoms with Crippen LogP contribution in [0.25, 0.3) is 11.2 Å². The number of pyridine rings is 1. The van der Waals surface area contributed by atoms with Crippen LogP contribution in [-0.4, -0.2) is 63.9 Å². The van der Waals surface area contributed by atoms with Gasteiger partial charge in [-0.1, -0.05) is 11.6 Å². The van der Waals surface area contributed by atoms with Crippen LogP contribution in [0.4, 0.5) is 11.4 Å². The summed E-state index contributed by atoms with van der Waals surface area (Å²) in [6, 6.07) is 5.54. The quantitative estimate of drug-likeness (QED) is 0.232. The number of fused-ring (bicyclic) bond motifs is 1. The van der Waals surface area contributed by atoms with Gasteiger partial charge in [0.25, 0.3) is 5.91 Å². The van der Waals surface area contributed by atoms with E-state index in [1.807, 2.05) is 4.72 Å². The molecule has 0 radical (unpaired) electrons. The SMILES string of the molecule is Nc1cc(Cl)ccc1C(=O)NS(=O)(=O)NC[C@H]1O[C@@H](n2cnc3c(N)ccnc32)[C@H](O)[C@@H]1O. The van der Waals surface area contributed by atoms with Gasteiger partial charge in [-0.05, 0) is 24.3 Å². The molecule has 1 aromatic carbocycles. The van der Waals surface area contributed by atoms with Crippen molar-refractivity contribution in [2.24, 2.45) is 0 Å². The summed E-state index contributed by atoms with van der Waals surface area (Å²) in [5, 5.41) is 21.1. The van der Waals surface area contributed by atoms with E-state index in [9.17, 15) is 23.4 Å². The number of benzene rings is 1. The number of aliphatic hydroxyl groups is 2. The molecule has 3 heterocycles. The van der Waals surface area contributed by atoms with Crippen LogP contribution in [-0.2, 0) is 14.9 Å². The van der Waals surface area contributed by atoms with Gasteiger partial charge in [0.2, 0.25) is 0 Å². The number of nitrogens with one attached hydrogen (secondary N) is 2. The average molecular weight is 498 g/mol. The van der Waals surface area contributed by atoms with Crippen molar-refractivity contribution in [1.82, 2.24) is 24.0 Å². The molecule has 8 N–H and O–H groups in total.